The first-order valence-electron chi connectivity index (χ1n) is 17.9. The highest BCUT2D eigenvalue weighted by Crippen LogP contribution is 2.41. The SMILES string of the molecule is CN1CC(CSc2nc3cccnc3s2)=C[C@@H]2Cc3c(O)cccc3C[C@H]21.CN1C[C@H](CSc2nccn2C)C[C@@H]2Cc3c(O)cccc3C[C@H]21. The number of thioether (sulfide) groups is 2. The van der Waals surface area contributed by atoms with Crippen LogP contribution in [0.3, 0.4) is 0 Å². The summed E-state index contributed by atoms with van der Waals surface area (Å²) in [4.78, 5) is 19.5. The predicted molar refractivity (Wildman–Crippen MR) is 209 cm³/mol. The lowest BCUT2D eigenvalue weighted by Gasteiger charge is -2.46. The molecule has 51 heavy (non-hydrogen) atoms. The fourth-order valence-corrected chi connectivity index (χ4v) is 11.7. The molecule has 3 aromatic heterocycles. The average molecular weight is 739 g/mol. The summed E-state index contributed by atoms with van der Waals surface area (Å²) in [6.45, 7) is 2.16. The zero-order valence-electron chi connectivity index (χ0n) is 29.5. The fourth-order valence-electron chi connectivity index (χ4n) is 8.75. The normalized spacial score (nSPS) is 24.5. The van der Waals surface area contributed by atoms with E-state index < -0.39 is 0 Å². The maximum absolute atomic E-state index is 10.2. The van der Waals surface area contributed by atoms with E-state index in [2.05, 4.69) is 68.7 Å². The Hall–Kier alpha value is -3.35. The number of nitrogens with zero attached hydrogens (tertiary/aromatic N) is 6. The van der Waals surface area contributed by atoms with Crippen LogP contribution in [0.5, 0.6) is 11.5 Å². The number of rotatable bonds is 6. The Labute approximate surface area is 313 Å². The summed E-state index contributed by atoms with van der Waals surface area (Å²) in [5.41, 5.74) is 7.40. The van der Waals surface area contributed by atoms with E-state index in [-0.39, 0.29) is 0 Å². The predicted octanol–water partition coefficient (Wildman–Crippen LogP) is 7.10. The van der Waals surface area contributed by atoms with E-state index in [9.17, 15) is 10.2 Å². The van der Waals surface area contributed by atoms with Crippen LogP contribution in [0.25, 0.3) is 10.3 Å². The number of phenolic OH excluding ortho intramolecular Hbond substituents is 2. The Morgan fingerprint density at radius 1 is 0.824 bits per heavy atom. The van der Waals surface area contributed by atoms with Crippen LogP contribution in [0.1, 0.15) is 28.7 Å². The van der Waals surface area contributed by atoms with Crippen LogP contribution in [-0.2, 0) is 32.7 Å². The van der Waals surface area contributed by atoms with E-state index in [1.807, 2.05) is 66.8 Å². The second-order valence-electron chi connectivity index (χ2n) is 14.7. The molecule has 1 fully saturated rings. The molecule has 2 N–H and O–H groups in total. The van der Waals surface area contributed by atoms with Crippen LogP contribution < -0.4 is 0 Å². The van der Waals surface area contributed by atoms with Gasteiger partial charge in [-0.05, 0) is 116 Å². The van der Waals surface area contributed by atoms with Gasteiger partial charge in [0, 0.05) is 62.3 Å². The lowest BCUT2D eigenvalue weighted by Crippen LogP contribution is -2.50. The Balaban J connectivity index is 0.000000148. The maximum atomic E-state index is 10.2. The fraction of sp³-hybridized carbons (Fsp3) is 0.425. The maximum Gasteiger partial charge on any atom is 0.167 e. The molecule has 0 unspecified atom stereocenters. The minimum absolute atomic E-state index is 0.450. The number of fused-ring (bicyclic) bond motifs is 5. The molecule has 0 radical (unpaired) electrons. The van der Waals surface area contributed by atoms with Crippen LogP contribution in [0.2, 0.25) is 0 Å². The molecule has 2 aliphatic heterocycles. The molecule has 8 nitrogen and oxygen atoms in total. The van der Waals surface area contributed by atoms with Gasteiger partial charge in [0.15, 0.2) is 9.50 Å². The molecular weight excluding hydrogens is 693 g/mol. The van der Waals surface area contributed by atoms with Gasteiger partial charge in [-0.15, -0.1) is 0 Å². The third-order valence-corrected chi connectivity index (χ3v) is 14.8. The second kappa shape index (κ2) is 14.9. The zero-order chi connectivity index (χ0) is 35.1. The quantitative estimate of drug-likeness (QED) is 0.140. The number of aromatic nitrogens is 4. The number of thiazole rings is 1. The topological polar surface area (TPSA) is 90.5 Å². The number of piperidine rings is 1. The van der Waals surface area contributed by atoms with Crippen LogP contribution in [-0.4, -0.2) is 90.3 Å². The molecule has 0 saturated carbocycles. The largest absolute Gasteiger partial charge is 0.508 e. The van der Waals surface area contributed by atoms with E-state index in [0.29, 0.717) is 41.3 Å². The third kappa shape index (κ3) is 7.46. The summed E-state index contributed by atoms with van der Waals surface area (Å²) in [6, 6.07) is 17.0. The van der Waals surface area contributed by atoms with Gasteiger partial charge in [0.1, 0.15) is 21.8 Å². The first-order valence-corrected chi connectivity index (χ1v) is 20.7. The van der Waals surface area contributed by atoms with Crippen LogP contribution in [0, 0.1) is 17.8 Å². The van der Waals surface area contributed by atoms with E-state index in [1.54, 1.807) is 23.1 Å². The summed E-state index contributed by atoms with van der Waals surface area (Å²) in [7, 11) is 6.55. The highest BCUT2D eigenvalue weighted by atomic mass is 32.2. The minimum Gasteiger partial charge on any atom is -0.508 e. The molecule has 0 spiro atoms. The molecule has 0 amide bonds. The lowest BCUT2D eigenvalue weighted by molar-refractivity contribution is 0.0792. The number of benzene rings is 2. The van der Waals surface area contributed by atoms with Crippen molar-refractivity contribution in [2.24, 2.45) is 24.8 Å². The first-order chi connectivity index (χ1) is 24.8. The number of hydrogen-bond acceptors (Lipinski definition) is 10. The van der Waals surface area contributed by atoms with Crippen molar-refractivity contribution in [1.82, 2.24) is 29.3 Å². The first kappa shape index (κ1) is 34.7. The van der Waals surface area contributed by atoms with E-state index in [1.165, 1.54) is 28.7 Å². The van der Waals surface area contributed by atoms with Gasteiger partial charge >= 0.3 is 0 Å². The standard InChI is InChI=1S/C21H21N3OS2.C19H25N3OS/c1-24-11-13(12-26-21-23-17-5-3-7-22-20(17)27-21)8-15-9-16-14(10-18(15)24)4-2-6-19(16)25;1-21-7-6-20-19(21)24-12-13-8-15-9-16-14(4-3-5-18(16)23)10-17(15)22(2)11-13/h2-8,15,18,25H,9-12H2,1H3;3-7,13,15,17,23H,8-12H2,1-2H3/t15-,18-;13-,15-,17-/m11/s1. The van der Waals surface area contributed by atoms with E-state index in [0.717, 1.165) is 75.7 Å². The highest BCUT2D eigenvalue weighted by Gasteiger charge is 2.38. The van der Waals surface area contributed by atoms with Crippen LogP contribution in [0.4, 0.5) is 0 Å². The summed E-state index contributed by atoms with van der Waals surface area (Å²) in [6.07, 6.45) is 13.4. The number of imidazole rings is 1. The lowest BCUT2D eigenvalue weighted by atomic mass is 9.73. The monoisotopic (exact) mass is 738 g/mol. The third-order valence-electron chi connectivity index (χ3n) is 11.3. The minimum atomic E-state index is 0.450. The van der Waals surface area contributed by atoms with Crippen molar-refractivity contribution in [3.05, 3.63) is 101 Å². The molecule has 5 heterocycles. The number of aryl methyl sites for hydroxylation is 1. The van der Waals surface area contributed by atoms with Gasteiger partial charge in [0.25, 0.3) is 0 Å². The van der Waals surface area contributed by atoms with E-state index >= 15 is 0 Å². The molecule has 5 aromatic rings. The Morgan fingerprint density at radius 2 is 1.59 bits per heavy atom. The molecule has 5 atom stereocenters. The average Bonchev–Trinajstić information content (AvgIpc) is 3.75. The molecular formula is C40H46N6O2S3. The van der Waals surface area contributed by atoms with E-state index in [4.69, 9.17) is 0 Å². The molecule has 266 valence electrons. The summed E-state index contributed by atoms with van der Waals surface area (Å²) >= 11 is 5.34. The highest BCUT2D eigenvalue weighted by molar-refractivity contribution is 8.01. The summed E-state index contributed by atoms with van der Waals surface area (Å²) in [5.74, 6) is 4.82. The summed E-state index contributed by atoms with van der Waals surface area (Å²) < 4.78 is 3.18. The molecule has 11 heteroatoms. The molecule has 0 bridgehead atoms. The molecule has 9 rings (SSSR count). The smallest absolute Gasteiger partial charge is 0.167 e. The van der Waals surface area contributed by atoms with Crippen molar-refractivity contribution >= 4 is 45.2 Å². The number of likely N-dealkylation sites (tertiary alicyclic amines) is 1. The number of likely N-dealkylation sites (N-methyl/N-ethyl adjacent to an activating group) is 2. The van der Waals surface area contributed by atoms with Gasteiger partial charge < -0.3 is 19.7 Å². The number of aromatic hydroxyl groups is 2. The van der Waals surface area contributed by atoms with Crippen molar-refractivity contribution < 1.29 is 10.2 Å². The molecule has 1 saturated heterocycles. The molecule has 4 aliphatic rings. The van der Waals surface area contributed by atoms with Crippen LogP contribution >= 0.6 is 34.9 Å². The van der Waals surface area contributed by atoms with Crippen molar-refractivity contribution in [2.45, 2.75) is 53.7 Å². The Bertz CT molecular complexity index is 2010. The second-order valence-corrected chi connectivity index (χ2v) is 17.9. The number of phenols is 2. The zero-order valence-corrected chi connectivity index (χ0v) is 31.9. The van der Waals surface area contributed by atoms with Crippen molar-refractivity contribution in [1.29, 1.82) is 0 Å². The molecule has 2 aromatic carbocycles. The van der Waals surface area contributed by atoms with Crippen LogP contribution in [0.15, 0.2) is 88.3 Å². The number of hydrogen-bond donors (Lipinski definition) is 2. The molecule has 2 aliphatic carbocycles. The van der Waals surface area contributed by atoms with Gasteiger partial charge in [-0.25, -0.2) is 15.0 Å². The van der Waals surface area contributed by atoms with Crippen molar-refractivity contribution in [3.8, 4) is 11.5 Å². The van der Waals surface area contributed by atoms with Gasteiger partial charge in [0.05, 0.1) is 0 Å². The van der Waals surface area contributed by atoms with Gasteiger partial charge in [-0.1, -0.05) is 65.2 Å². The number of pyridine rings is 1. The van der Waals surface area contributed by atoms with Crippen molar-refractivity contribution in [3.63, 3.8) is 0 Å². The van der Waals surface area contributed by atoms with Gasteiger partial charge in [-0.3, -0.25) is 4.90 Å². The Kier molecular flexibility index (Phi) is 10.2. The van der Waals surface area contributed by atoms with Crippen molar-refractivity contribution in [2.75, 3.05) is 38.7 Å². The Morgan fingerprint density at radius 3 is 2.33 bits per heavy atom. The van der Waals surface area contributed by atoms with Gasteiger partial charge in [0.2, 0.25) is 0 Å². The summed E-state index contributed by atoms with van der Waals surface area (Å²) in [5, 5.41) is 21.6. The van der Waals surface area contributed by atoms with Gasteiger partial charge in [-0.2, -0.15) is 0 Å².